The van der Waals surface area contributed by atoms with Crippen LogP contribution in [0.4, 0.5) is 0 Å². The van der Waals surface area contributed by atoms with Gasteiger partial charge < -0.3 is 0 Å². The molecule has 0 aliphatic heterocycles. The predicted octanol–water partition coefficient (Wildman–Crippen LogP) is 1.59. The summed E-state index contributed by atoms with van der Waals surface area (Å²) < 4.78 is 0.942. The van der Waals surface area contributed by atoms with Crippen LogP contribution in [0.15, 0.2) is 41.5 Å². The SMILES string of the molecule is CC(=O)N(C(C)=O)n1cnc2nc3c(cc2c1=O)CCc1ccccc1-3. The molecule has 2 aromatic heterocycles. The number of aryl methyl sites for hydroxylation is 2. The van der Waals surface area contributed by atoms with E-state index < -0.39 is 17.4 Å². The predicted molar refractivity (Wildman–Crippen MR) is 96.2 cm³/mol. The molecule has 1 aromatic carbocycles. The largest absolute Gasteiger partial charge is 0.282 e. The summed E-state index contributed by atoms with van der Waals surface area (Å²) in [7, 11) is 0. The van der Waals surface area contributed by atoms with E-state index in [2.05, 4.69) is 16.0 Å². The highest BCUT2D eigenvalue weighted by Crippen LogP contribution is 2.32. The molecule has 0 N–H and O–H groups in total. The second-order valence-electron chi connectivity index (χ2n) is 6.27. The van der Waals surface area contributed by atoms with Gasteiger partial charge in [-0.2, -0.15) is 9.69 Å². The zero-order valence-electron chi connectivity index (χ0n) is 14.4. The molecule has 0 radical (unpaired) electrons. The molecule has 130 valence electrons. The first kappa shape index (κ1) is 16.1. The molecule has 2 heterocycles. The summed E-state index contributed by atoms with van der Waals surface area (Å²) in [6.45, 7) is 2.44. The standard InChI is InChI=1S/C19H16N4O3/c1-11(24)23(12(2)25)22-10-20-18-16(19(22)26)9-14-8-7-13-5-3-4-6-15(13)17(14)21-18/h3-6,9-10H,7-8H2,1-2H3. The van der Waals surface area contributed by atoms with Gasteiger partial charge in [0.15, 0.2) is 5.65 Å². The Kier molecular flexibility index (Phi) is 3.64. The van der Waals surface area contributed by atoms with Crippen LogP contribution in [0.2, 0.25) is 0 Å². The molecule has 4 rings (SSSR count). The number of nitrogens with zero attached hydrogens (tertiary/aromatic N) is 4. The first-order chi connectivity index (χ1) is 12.5. The zero-order chi connectivity index (χ0) is 18.4. The molecule has 7 heteroatoms. The van der Waals surface area contributed by atoms with Gasteiger partial charge in [-0.15, -0.1) is 0 Å². The lowest BCUT2D eigenvalue weighted by Gasteiger charge is -2.21. The Morgan fingerprint density at radius 3 is 2.50 bits per heavy atom. The topological polar surface area (TPSA) is 85.2 Å². The minimum atomic E-state index is -0.555. The molecule has 0 bridgehead atoms. The van der Waals surface area contributed by atoms with E-state index in [-0.39, 0.29) is 5.39 Å². The van der Waals surface area contributed by atoms with Gasteiger partial charge in [0, 0.05) is 19.4 Å². The smallest absolute Gasteiger partial charge is 0.273 e. The number of imide groups is 1. The monoisotopic (exact) mass is 348 g/mol. The molecule has 3 aromatic rings. The lowest BCUT2D eigenvalue weighted by Crippen LogP contribution is -2.48. The van der Waals surface area contributed by atoms with Crippen molar-refractivity contribution in [1.82, 2.24) is 14.6 Å². The van der Waals surface area contributed by atoms with E-state index in [1.54, 1.807) is 6.07 Å². The summed E-state index contributed by atoms with van der Waals surface area (Å²) in [5.74, 6) is -1.11. The van der Waals surface area contributed by atoms with Crippen LogP contribution in [0, 0.1) is 0 Å². The van der Waals surface area contributed by atoms with Crippen molar-refractivity contribution in [3.63, 3.8) is 0 Å². The third-order valence-corrected chi connectivity index (χ3v) is 4.56. The van der Waals surface area contributed by atoms with Crippen molar-refractivity contribution < 1.29 is 9.59 Å². The van der Waals surface area contributed by atoms with E-state index in [1.165, 1.54) is 25.7 Å². The zero-order valence-corrected chi connectivity index (χ0v) is 14.4. The summed E-state index contributed by atoms with van der Waals surface area (Å²) >= 11 is 0. The fourth-order valence-electron chi connectivity index (χ4n) is 3.42. The van der Waals surface area contributed by atoms with Gasteiger partial charge >= 0.3 is 0 Å². The number of hydrogen-bond donors (Lipinski definition) is 0. The summed E-state index contributed by atoms with van der Waals surface area (Å²) in [4.78, 5) is 45.1. The molecule has 2 amide bonds. The van der Waals surface area contributed by atoms with Crippen LogP contribution in [0.1, 0.15) is 25.0 Å². The van der Waals surface area contributed by atoms with Gasteiger partial charge in [0.05, 0.1) is 11.1 Å². The van der Waals surface area contributed by atoms with Gasteiger partial charge in [0.1, 0.15) is 6.33 Å². The van der Waals surface area contributed by atoms with Crippen molar-refractivity contribution in [2.45, 2.75) is 26.7 Å². The minimum absolute atomic E-state index is 0.290. The van der Waals surface area contributed by atoms with Gasteiger partial charge in [0.2, 0.25) is 11.8 Å². The van der Waals surface area contributed by atoms with Crippen molar-refractivity contribution in [2.24, 2.45) is 0 Å². The first-order valence-corrected chi connectivity index (χ1v) is 8.28. The molecule has 7 nitrogen and oxygen atoms in total. The Bertz CT molecular complexity index is 1120. The van der Waals surface area contributed by atoms with Crippen molar-refractivity contribution in [3.05, 3.63) is 58.1 Å². The molecule has 0 saturated heterocycles. The van der Waals surface area contributed by atoms with E-state index >= 15 is 0 Å². The van der Waals surface area contributed by atoms with Crippen LogP contribution in [0.25, 0.3) is 22.3 Å². The highest BCUT2D eigenvalue weighted by molar-refractivity contribution is 6.06. The number of aromatic nitrogens is 3. The van der Waals surface area contributed by atoms with Crippen molar-refractivity contribution in [1.29, 1.82) is 0 Å². The highest BCUT2D eigenvalue weighted by atomic mass is 16.2. The molecular weight excluding hydrogens is 332 g/mol. The lowest BCUT2D eigenvalue weighted by atomic mass is 9.89. The number of carbonyl (C=O) groups is 2. The van der Waals surface area contributed by atoms with Crippen molar-refractivity contribution >= 4 is 22.8 Å². The molecule has 0 saturated carbocycles. The second-order valence-corrected chi connectivity index (χ2v) is 6.27. The average molecular weight is 348 g/mol. The Morgan fingerprint density at radius 1 is 1.08 bits per heavy atom. The average Bonchev–Trinajstić information content (AvgIpc) is 2.62. The summed E-state index contributed by atoms with van der Waals surface area (Å²) in [5.41, 5.74) is 3.88. The minimum Gasteiger partial charge on any atom is -0.273 e. The Balaban J connectivity index is 1.95. The maximum atomic E-state index is 12.8. The van der Waals surface area contributed by atoms with Gasteiger partial charge in [0.25, 0.3) is 5.56 Å². The number of carbonyl (C=O) groups excluding carboxylic acids is 2. The third-order valence-electron chi connectivity index (χ3n) is 4.56. The van der Waals surface area contributed by atoms with Crippen LogP contribution in [-0.4, -0.2) is 26.5 Å². The maximum absolute atomic E-state index is 12.8. The van der Waals surface area contributed by atoms with Gasteiger partial charge in [-0.1, -0.05) is 24.3 Å². The van der Waals surface area contributed by atoms with E-state index in [4.69, 9.17) is 0 Å². The maximum Gasteiger partial charge on any atom is 0.282 e. The lowest BCUT2D eigenvalue weighted by molar-refractivity contribution is -0.126. The van der Waals surface area contributed by atoms with E-state index in [1.807, 2.05) is 18.2 Å². The molecule has 26 heavy (non-hydrogen) atoms. The summed E-state index contributed by atoms with van der Waals surface area (Å²) in [6.07, 6.45) is 2.81. The van der Waals surface area contributed by atoms with Crippen LogP contribution in [0.5, 0.6) is 0 Å². The Labute approximate surface area is 148 Å². The van der Waals surface area contributed by atoms with Gasteiger partial charge in [-0.05, 0) is 30.0 Å². The molecule has 1 aliphatic carbocycles. The number of hydrogen-bond acceptors (Lipinski definition) is 5. The van der Waals surface area contributed by atoms with Crippen LogP contribution >= 0.6 is 0 Å². The van der Waals surface area contributed by atoms with Crippen LogP contribution < -0.4 is 10.6 Å². The molecule has 0 spiro atoms. The quantitative estimate of drug-likeness (QED) is 0.667. The number of benzene rings is 1. The fourth-order valence-corrected chi connectivity index (χ4v) is 3.42. The fraction of sp³-hybridized carbons (Fsp3) is 0.211. The first-order valence-electron chi connectivity index (χ1n) is 8.28. The molecule has 0 fully saturated rings. The normalized spacial score (nSPS) is 12.4. The van der Waals surface area contributed by atoms with Gasteiger partial charge in [-0.3, -0.25) is 14.4 Å². The Hall–Kier alpha value is -3.35. The molecule has 0 unspecified atom stereocenters. The summed E-state index contributed by atoms with van der Waals surface area (Å²) in [5, 5.41) is 1.06. The molecule has 1 aliphatic rings. The van der Waals surface area contributed by atoms with Crippen molar-refractivity contribution in [3.8, 4) is 11.3 Å². The number of pyridine rings is 1. The highest BCUT2D eigenvalue weighted by Gasteiger charge is 2.22. The molecular formula is C19H16N4O3. The van der Waals surface area contributed by atoms with Crippen LogP contribution in [-0.2, 0) is 22.4 Å². The number of amides is 2. The van der Waals surface area contributed by atoms with Crippen molar-refractivity contribution in [2.75, 3.05) is 5.01 Å². The number of fused-ring (bicyclic) bond motifs is 4. The third kappa shape index (κ3) is 2.40. The Morgan fingerprint density at radius 2 is 1.77 bits per heavy atom. The second kappa shape index (κ2) is 5.87. The van der Waals surface area contributed by atoms with Crippen LogP contribution in [0.3, 0.4) is 0 Å². The van der Waals surface area contributed by atoms with E-state index in [9.17, 15) is 14.4 Å². The molecule has 0 atom stereocenters. The van der Waals surface area contributed by atoms with E-state index in [0.717, 1.165) is 39.3 Å². The summed E-state index contributed by atoms with van der Waals surface area (Å²) in [6, 6.07) is 9.83. The van der Waals surface area contributed by atoms with E-state index in [0.29, 0.717) is 5.65 Å². The van der Waals surface area contributed by atoms with Gasteiger partial charge in [-0.25, -0.2) is 9.97 Å². The number of rotatable bonds is 1.